The molecule has 2 saturated heterocycles. The zero-order chi connectivity index (χ0) is 20.2. The summed E-state index contributed by atoms with van der Waals surface area (Å²) >= 11 is 0. The number of aryl methyl sites for hydroxylation is 2. The minimum atomic E-state index is 0.0584. The Hall–Kier alpha value is -2.30. The molecule has 4 rings (SSSR count). The highest BCUT2D eigenvalue weighted by atomic mass is 16.2. The molecule has 2 aromatic rings. The number of piperazine rings is 1. The molecule has 1 aromatic carbocycles. The lowest BCUT2D eigenvalue weighted by molar-refractivity contribution is -0.137. The molecule has 3 heterocycles. The molecular formula is C23H31N3O2. The number of rotatable bonds is 4. The molecular weight excluding hydrogens is 350 g/mol. The van der Waals surface area contributed by atoms with Crippen molar-refractivity contribution in [3.05, 3.63) is 35.0 Å². The van der Waals surface area contributed by atoms with Crippen LogP contribution in [0.2, 0.25) is 0 Å². The quantitative estimate of drug-likeness (QED) is 0.873. The average Bonchev–Trinajstić information content (AvgIpc) is 3.36. The molecule has 0 saturated carbocycles. The first kappa shape index (κ1) is 19.0. The fourth-order valence-corrected chi connectivity index (χ4v) is 5.00. The van der Waals surface area contributed by atoms with Gasteiger partial charge in [0.1, 0.15) is 5.69 Å². The van der Waals surface area contributed by atoms with Crippen LogP contribution in [0.4, 0.5) is 0 Å². The maximum absolute atomic E-state index is 13.1. The maximum atomic E-state index is 13.1. The number of aromatic nitrogens is 1. The van der Waals surface area contributed by atoms with Crippen LogP contribution in [0.25, 0.3) is 10.9 Å². The van der Waals surface area contributed by atoms with Crippen LogP contribution in [0, 0.1) is 25.7 Å². The average molecular weight is 382 g/mol. The summed E-state index contributed by atoms with van der Waals surface area (Å²) in [5.74, 6) is 0.891. The molecule has 3 atom stereocenters. The van der Waals surface area contributed by atoms with Crippen LogP contribution in [0.5, 0.6) is 0 Å². The molecule has 150 valence electrons. The first-order valence-corrected chi connectivity index (χ1v) is 10.5. The van der Waals surface area contributed by atoms with Crippen LogP contribution >= 0.6 is 0 Å². The Balaban J connectivity index is 1.48. The van der Waals surface area contributed by atoms with Gasteiger partial charge in [-0.2, -0.15) is 0 Å². The van der Waals surface area contributed by atoms with Gasteiger partial charge in [-0.15, -0.1) is 0 Å². The van der Waals surface area contributed by atoms with Gasteiger partial charge in [-0.05, 0) is 55.9 Å². The molecule has 1 aromatic heterocycles. The van der Waals surface area contributed by atoms with Crippen molar-refractivity contribution in [1.82, 2.24) is 14.8 Å². The summed E-state index contributed by atoms with van der Waals surface area (Å²) in [7, 11) is 0. The highest BCUT2D eigenvalue weighted by molar-refractivity contribution is 5.99. The Morgan fingerprint density at radius 2 is 1.79 bits per heavy atom. The van der Waals surface area contributed by atoms with E-state index in [0.717, 1.165) is 23.7 Å². The molecule has 2 aliphatic rings. The minimum absolute atomic E-state index is 0.0584. The predicted octanol–water partition coefficient (Wildman–Crippen LogP) is 3.89. The standard InChI is InChI=1S/C23H31N3O2/c1-13(2)8-15(4)22(27)25-11-18-9-17(25)12-26(18)23(28)21-10-19-16(5)14(3)6-7-20(19)24-21/h6-7,10,13,15,17-18,24H,8-9,11-12H2,1-5H3/t15?,17-,18-/m0/s1. The van der Waals surface area contributed by atoms with Gasteiger partial charge < -0.3 is 14.8 Å². The van der Waals surface area contributed by atoms with Gasteiger partial charge in [0.2, 0.25) is 5.91 Å². The molecule has 5 nitrogen and oxygen atoms in total. The Morgan fingerprint density at radius 3 is 2.43 bits per heavy atom. The summed E-state index contributed by atoms with van der Waals surface area (Å²) in [4.78, 5) is 33.3. The smallest absolute Gasteiger partial charge is 0.270 e. The van der Waals surface area contributed by atoms with Crippen molar-refractivity contribution in [2.24, 2.45) is 11.8 Å². The highest BCUT2D eigenvalue weighted by Crippen LogP contribution is 2.34. The fourth-order valence-electron chi connectivity index (χ4n) is 5.00. The number of benzene rings is 1. The molecule has 1 N–H and O–H groups in total. The molecule has 2 amide bonds. The minimum Gasteiger partial charge on any atom is -0.351 e. The van der Waals surface area contributed by atoms with Crippen LogP contribution in [0.3, 0.4) is 0 Å². The van der Waals surface area contributed by atoms with E-state index in [-0.39, 0.29) is 29.8 Å². The largest absolute Gasteiger partial charge is 0.351 e. The van der Waals surface area contributed by atoms with Gasteiger partial charge in [-0.25, -0.2) is 0 Å². The Morgan fingerprint density at radius 1 is 1.11 bits per heavy atom. The third kappa shape index (κ3) is 3.11. The second-order valence-electron chi connectivity index (χ2n) is 9.17. The van der Waals surface area contributed by atoms with Crippen molar-refractivity contribution in [1.29, 1.82) is 0 Å². The summed E-state index contributed by atoms with van der Waals surface area (Å²) in [6, 6.07) is 6.43. The van der Waals surface area contributed by atoms with Crippen molar-refractivity contribution >= 4 is 22.7 Å². The number of nitrogens with zero attached hydrogens (tertiary/aromatic N) is 2. The molecule has 0 spiro atoms. The number of carbonyl (C=O) groups excluding carboxylic acids is 2. The van der Waals surface area contributed by atoms with Crippen LogP contribution < -0.4 is 0 Å². The number of hydrogen-bond donors (Lipinski definition) is 1. The van der Waals surface area contributed by atoms with E-state index in [4.69, 9.17) is 0 Å². The van der Waals surface area contributed by atoms with E-state index in [1.54, 1.807) is 0 Å². The lowest BCUT2D eigenvalue weighted by atomic mass is 9.97. The normalized spacial score (nSPS) is 22.5. The fraction of sp³-hybridized carbons (Fsp3) is 0.565. The van der Waals surface area contributed by atoms with E-state index >= 15 is 0 Å². The lowest BCUT2D eigenvalue weighted by Gasteiger charge is -2.35. The van der Waals surface area contributed by atoms with Gasteiger partial charge >= 0.3 is 0 Å². The van der Waals surface area contributed by atoms with E-state index in [1.807, 2.05) is 28.9 Å². The topological polar surface area (TPSA) is 56.4 Å². The molecule has 1 unspecified atom stereocenters. The van der Waals surface area contributed by atoms with Crippen molar-refractivity contribution in [2.75, 3.05) is 13.1 Å². The number of aromatic amines is 1. The summed E-state index contributed by atoms with van der Waals surface area (Å²) < 4.78 is 0. The van der Waals surface area contributed by atoms with Crippen molar-refractivity contribution < 1.29 is 9.59 Å². The van der Waals surface area contributed by atoms with Crippen molar-refractivity contribution in [3.8, 4) is 0 Å². The van der Waals surface area contributed by atoms with Gasteiger partial charge in [0.25, 0.3) is 5.91 Å². The second kappa shape index (κ2) is 6.94. The molecule has 5 heteroatoms. The Kier molecular flexibility index (Phi) is 4.72. The monoisotopic (exact) mass is 381 g/mol. The van der Waals surface area contributed by atoms with Crippen LogP contribution in [-0.4, -0.2) is 51.8 Å². The first-order valence-electron chi connectivity index (χ1n) is 10.5. The van der Waals surface area contributed by atoms with Crippen LogP contribution in [0.1, 0.15) is 55.2 Å². The Labute approximate surface area is 167 Å². The third-order valence-electron chi connectivity index (χ3n) is 6.61. The van der Waals surface area contributed by atoms with Gasteiger partial charge in [0, 0.05) is 29.9 Å². The SMILES string of the molecule is Cc1ccc2[nH]c(C(=O)N3C[C@@H]4C[C@H]3CN4C(=O)C(C)CC(C)C)cc2c1C. The zero-order valence-electron chi connectivity index (χ0n) is 17.6. The number of carbonyl (C=O) groups is 2. The van der Waals surface area contributed by atoms with E-state index in [1.165, 1.54) is 11.1 Å². The molecule has 2 bridgehead atoms. The predicted molar refractivity (Wildman–Crippen MR) is 111 cm³/mol. The van der Waals surface area contributed by atoms with Gasteiger partial charge in [-0.1, -0.05) is 26.8 Å². The molecule has 0 aliphatic carbocycles. The summed E-state index contributed by atoms with van der Waals surface area (Å²) in [6.45, 7) is 11.9. The first-order chi connectivity index (χ1) is 13.3. The zero-order valence-corrected chi connectivity index (χ0v) is 17.6. The lowest BCUT2D eigenvalue weighted by Crippen LogP contribution is -2.51. The van der Waals surface area contributed by atoms with Gasteiger partial charge in [-0.3, -0.25) is 9.59 Å². The number of likely N-dealkylation sites (tertiary alicyclic amines) is 2. The van der Waals surface area contributed by atoms with E-state index in [9.17, 15) is 9.59 Å². The van der Waals surface area contributed by atoms with Crippen LogP contribution in [0.15, 0.2) is 18.2 Å². The van der Waals surface area contributed by atoms with E-state index in [2.05, 4.69) is 38.7 Å². The van der Waals surface area contributed by atoms with Gasteiger partial charge in [0.05, 0.1) is 12.1 Å². The van der Waals surface area contributed by atoms with Crippen molar-refractivity contribution in [3.63, 3.8) is 0 Å². The molecule has 28 heavy (non-hydrogen) atoms. The maximum Gasteiger partial charge on any atom is 0.270 e. The van der Waals surface area contributed by atoms with Crippen LogP contribution in [-0.2, 0) is 4.79 Å². The summed E-state index contributed by atoms with van der Waals surface area (Å²) in [5, 5.41) is 1.12. The summed E-state index contributed by atoms with van der Waals surface area (Å²) in [6.07, 6.45) is 1.83. The number of nitrogens with one attached hydrogen (secondary N) is 1. The third-order valence-corrected chi connectivity index (χ3v) is 6.61. The molecule has 0 radical (unpaired) electrons. The number of fused-ring (bicyclic) bond motifs is 3. The number of hydrogen-bond acceptors (Lipinski definition) is 2. The van der Waals surface area contributed by atoms with E-state index in [0.29, 0.717) is 24.7 Å². The molecule has 2 aliphatic heterocycles. The second-order valence-corrected chi connectivity index (χ2v) is 9.17. The number of amides is 2. The van der Waals surface area contributed by atoms with Gasteiger partial charge in [0.15, 0.2) is 0 Å². The summed E-state index contributed by atoms with van der Waals surface area (Å²) in [5.41, 5.74) is 4.11. The molecule has 2 fully saturated rings. The van der Waals surface area contributed by atoms with E-state index < -0.39 is 0 Å². The number of H-pyrrole nitrogens is 1. The Bertz CT molecular complexity index is 929. The van der Waals surface area contributed by atoms with Crippen molar-refractivity contribution in [2.45, 2.75) is 59.5 Å². The highest BCUT2D eigenvalue weighted by Gasteiger charge is 2.47.